The molecule has 1 aliphatic rings. The molecule has 0 aromatic carbocycles. The van der Waals surface area contributed by atoms with Crippen LogP contribution in [0.15, 0.2) is 0 Å². The van der Waals surface area contributed by atoms with Crippen molar-refractivity contribution in [3.8, 4) is 0 Å². The number of likely N-dealkylation sites (N-methyl/N-ethyl adjacent to an activating group) is 1. The third-order valence-electron chi connectivity index (χ3n) is 2.77. The lowest BCUT2D eigenvalue weighted by atomic mass is 9.96. The van der Waals surface area contributed by atoms with Crippen LogP contribution in [0.1, 0.15) is 20.3 Å². The van der Waals surface area contributed by atoms with Gasteiger partial charge in [-0.25, -0.2) is 0 Å². The van der Waals surface area contributed by atoms with Crippen LogP contribution in [-0.4, -0.2) is 47.8 Å². The van der Waals surface area contributed by atoms with Crippen LogP contribution in [0.3, 0.4) is 0 Å². The summed E-state index contributed by atoms with van der Waals surface area (Å²) in [6, 6.07) is 0. The molecule has 0 aliphatic carbocycles. The molecular formula is C9H17NO3. The Bertz CT molecular complexity index is 183. The van der Waals surface area contributed by atoms with Crippen molar-refractivity contribution in [2.75, 3.05) is 26.3 Å². The molecule has 1 unspecified atom stereocenters. The van der Waals surface area contributed by atoms with Gasteiger partial charge in [-0.15, -0.1) is 0 Å². The third kappa shape index (κ3) is 1.69. The second-order valence-electron chi connectivity index (χ2n) is 3.31. The summed E-state index contributed by atoms with van der Waals surface area (Å²) >= 11 is 0. The molecule has 1 fully saturated rings. The maximum atomic E-state index is 11.2. The molecule has 1 atom stereocenters. The van der Waals surface area contributed by atoms with E-state index in [2.05, 4.69) is 0 Å². The summed E-state index contributed by atoms with van der Waals surface area (Å²) in [7, 11) is 0. The molecule has 76 valence electrons. The summed E-state index contributed by atoms with van der Waals surface area (Å²) < 4.78 is 5.18. The average Bonchev–Trinajstić information content (AvgIpc) is 2.56. The number of hydrogen-bond acceptors (Lipinski definition) is 3. The van der Waals surface area contributed by atoms with E-state index in [1.165, 1.54) is 0 Å². The lowest BCUT2D eigenvalue weighted by Gasteiger charge is -2.34. The molecule has 0 amide bonds. The molecule has 1 aliphatic heterocycles. The van der Waals surface area contributed by atoms with Gasteiger partial charge < -0.3 is 9.84 Å². The summed E-state index contributed by atoms with van der Waals surface area (Å²) in [6.45, 7) is 6.35. The van der Waals surface area contributed by atoms with Gasteiger partial charge in [-0.05, 0) is 13.1 Å². The highest BCUT2D eigenvalue weighted by atomic mass is 16.5. The Morgan fingerprint density at radius 2 is 2.15 bits per heavy atom. The zero-order chi connectivity index (χ0) is 9.90. The van der Waals surface area contributed by atoms with Crippen molar-refractivity contribution in [2.45, 2.75) is 25.8 Å². The van der Waals surface area contributed by atoms with Gasteiger partial charge in [0.1, 0.15) is 5.54 Å². The van der Waals surface area contributed by atoms with E-state index in [1.54, 1.807) is 0 Å². The van der Waals surface area contributed by atoms with Crippen LogP contribution in [-0.2, 0) is 9.53 Å². The number of ether oxygens (including phenoxy) is 1. The van der Waals surface area contributed by atoms with E-state index in [0.29, 0.717) is 19.6 Å². The maximum absolute atomic E-state index is 11.2. The van der Waals surface area contributed by atoms with Crippen LogP contribution in [0.5, 0.6) is 0 Å². The molecule has 1 saturated heterocycles. The Labute approximate surface area is 78.5 Å². The lowest BCUT2D eigenvalue weighted by molar-refractivity contribution is -0.151. The smallest absolute Gasteiger partial charge is 0.326 e. The van der Waals surface area contributed by atoms with Crippen LogP contribution in [0.25, 0.3) is 0 Å². The Kier molecular flexibility index (Phi) is 3.27. The largest absolute Gasteiger partial charge is 0.480 e. The van der Waals surface area contributed by atoms with E-state index in [0.717, 1.165) is 13.1 Å². The second kappa shape index (κ2) is 4.07. The van der Waals surface area contributed by atoms with E-state index >= 15 is 0 Å². The number of carbonyl (C=O) groups is 1. The summed E-state index contributed by atoms with van der Waals surface area (Å²) in [6.07, 6.45) is 0.601. The molecule has 0 aromatic rings. The predicted octanol–water partition coefficient (Wildman–Crippen LogP) is 0.572. The summed E-state index contributed by atoms with van der Waals surface area (Å²) in [4.78, 5) is 13.1. The normalized spacial score (nSPS) is 28.2. The van der Waals surface area contributed by atoms with Crippen molar-refractivity contribution in [3.05, 3.63) is 0 Å². The van der Waals surface area contributed by atoms with Crippen molar-refractivity contribution < 1.29 is 14.6 Å². The van der Waals surface area contributed by atoms with Crippen molar-refractivity contribution in [3.63, 3.8) is 0 Å². The number of carboxylic acids is 1. The van der Waals surface area contributed by atoms with Crippen LogP contribution in [0, 0.1) is 0 Å². The number of hydrogen-bond donors (Lipinski definition) is 1. The van der Waals surface area contributed by atoms with Gasteiger partial charge in [-0.2, -0.15) is 0 Å². The quantitative estimate of drug-likeness (QED) is 0.699. The maximum Gasteiger partial charge on any atom is 0.326 e. The fourth-order valence-electron chi connectivity index (χ4n) is 1.94. The summed E-state index contributed by atoms with van der Waals surface area (Å²) in [5.41, 5.74) is -0.760. The first kappa shape index (κ1) is 10.5. The monoisotopic (exact) mass is 187 g/mol. The van der Waals surface area contributed by atoms with Crippen LogP contribution >= 0.6 is 0 Å². The van der Waals surface area contributed by atoms with Crippen molar-refractivity contribution in [2.24, 2.45) is 0 Å². The Morgan fingerprint density at radius 1 is 1.54 bits per heavy atom. The van der Waals surface area contributed by atoms with E-state index < -0.39 is 11.5 Å². The molecular weight excluding hydrogens is 170 g/mol. The molecule has 1 rings (SSSR count). The van der Waals surface area contributed by atoms with Crippen LogP contribution in [0.4, 0.5) is 0 Å². The minimum absolute atomic E-state index is 0.323. The zero-order valence-corrected chi connectivity index (χ0v) is 8.25. The van der Waals surface area contributed by atoms with E-state index in [-0.39, 0.29) is 0 Å². The lowest BCUT2D eigenvalue weighted by Crippen LogP contribution is -2.55. The molecule has 0 radical (unpaired) electrons. The van der Waals surface area contributed by atoms with Crippen molar-refractivity contribution >= 4 is 5.97 Å². The van der Waals surface area contributed by atoms with Gasteiger partial charge in [0.15, 0.2) is 0 Å². The van der Waals surface area contributed by atoms with Crippen molar-refractivity contribution in [1.82, 2.24) is 4.90 Å². The fraction of sp³-hybridized carbons (Fsp3) is 0.889. The number of rotatable bonds is 4. The van der Waals surface area contributed by atoms with Gasteiger partial charge in [-0.1, -0.05) is 13.8 Å². The second-order valence-corrected chi connectivity index (χ2v) is 3.31. The average molecular weight is 187 g/mol. The zero-order valence-electron chi connectivity index (χ0n) is 8.25. The highest BCUT2D eigenvalue weighted by Crippen LogP contribution is 2.26. The minimum Gasteiger partial charge on any atom is -0.480 e. The molecule has 13 heavy (non-hydrogen) atoms. The molecule has 0 saturated carbocycles. The molecule has 0 spiro atoms. The first-order valence-electron chi connectivity index (χ1n) is 4.73. The summed E-state index contributed by atoms with van der Waals surface area (Å²) in [5, 5.41) is 9.17. The number of aliphatic carboxylic acids is 1. The standard InChI is InChI=1S/C9H17NO3/c1-3-10(4-2)9(8(11)12)5-6-13-7-9/h3-7H2,1-2H3,(H,11,12). The van der Waals surface area contributed by atoms with Gasteiger partial charge in [-0.3, -0.25) is 9.69 Å². The molecule has 1 N–H and O–H groups in total. The number of carboxylic acid groups (broad SMARTS) is 1. The Balaban J connectivity index is 2.82. The van der Waals surface area contributed by atoms with E-state index in [9.17, 15) is 9.90 Å². The molecule has 1 heterocycles. The Morgan fingerprint density at radius 3 is 2.46 bits per heavy atom. The first-order chi connectivity index (χ1) is 6.17. The highest BCUT2D eigenvalue weighted by molar-refractivity contribution is 5.79. The SMILES string of the molecule is CCN(CC)C1(C(=O)O)CCOC1. The van der Waals surface area contributed by atoms with Crippen LogP contribution in [0.2, 0.25) is 0 Å². The first-order valence-corrected chi connectivity index (χ1v) is 4.73. The highest BCUT2D eigenvalue weighted by Gasteiger charge is 2.46. The van der Waals surface area contributed by atoms with Gasteiger partial charge in [0.05, 0.1) is 6.61 Å². The van der Waals surface area contributed by atoms with Gasteiger partial charge in [0.25, 0.3) is 0 Å². The van der Waals surface area contributed by atoms with Gasteiger partial charge in [0.2, 0.25) is 0 Å². The predicted molar refractivity (Wildman–Crippen MR) is 48.7 cm³/mol. The van der Waals surface area contributed by atoms with Gasteiger partial charge in [0, 0.05) is 13.0 Å². The van der Waals surface area contributed by atoms with Gasteiger partial charge >= 0.3 is 5.97 Å². The number of nitrogens with zero attached hydrogens (tertiary/aromatic N) is 1. The third-order valence-corrected chi connectivity index (χ3v) is 2.77. The molecule has 0 aromatic heterocycles. The van der Waals surface area contributed by atoms with Crippen molar-refractivity contribution in [1.29, 1.82) is 0 Å². The molecule has 0 bridgehead atoms. The van der Waals surface area contributed by atoms with Crippen LogP contribution < -0.4 is 0 Å². The topological polar surface area (TPSA) is 49.8 Å². The van der Waals surface area contributed by atoms with E-state index in [4.69, 9.17) is 4.74 Å². The molecule has 4 nitrogen and oxygen atoms in total. The fourth-order valence-corrected chi connectivity index (χ4v) is 1.94. The Hall–Kier alpha value is -0.610. The molecule has 4 heteroatoms. The van der Waals surface area contributed by atoms with E-state index in [1.807, 2.05) is 18.7 Å². The minimum atomic E-state index is -0.760. The summed E-state index contributed by atoms with van der Waals surface area (Å²) in [5.74, 6) is -0.756.